The van der Waals surface area contributed by atoms with Gasteiger partial charge in [-0.3, -0.25) is 4.79 Å². The fourth-order valence-electron chi connectivity index (χ4n) is 3.02. The zero-order valence-electron chi connectivity index (χ0n) is 15.1. The van der Waals surface area contributed by atoms with E-state index in [1.807, 2.05) is 6.07 Å². The molecule has 3 aromatic rings. The molecule has 28 heavy (non-hydrogen) atoms. The third-order valence-corrected chi connectivity index (χ3v) is 4.47. The maximum absolute atomic E-state index is 12.4. The molecule has 0 spiro atoms. The zero-order chi connectivity index (χ0) is 20.3. The Morgan fingerprint density at radius 1 is 1.18 bits per heavy atom. The van der Waals surface area contributed by atoms with Crippen LogP contribution in [0.3, 0.4) is 0 Å². The molecule has 0 saturated carbocycles. The number of fused-ring (bicyclic) bond motifs is 1. The highest BCUT2D eigenvalue weighted by molar-refractivity contribution is 5.90. The highest BCUT2D eigenvalue weighted by Gasteiger charge is 2.17. The average Bonchev–Trinajstić information content (AvgIpc) is 2.65. The molecule has 2 aromatic carbocycles. The molecular weight excluding hydrogens is 362 g/mol. The second kappa shape index (κ2) is 7.96. The molecule has 0 radical (unpaired) electrons. The molecule has 0 fully saturated rings. The highest BCUT2D eigenvalue weighted by Crippen LogP contribution is 2.27. The van der Waals surface area contributed by atoms with Crippen molar-refractivity contribution >= 4 is 22.8 Å². The van der Waals surface area contributed by atoms with Gasteiger partial charge in [-0.1, -0.05) is 30.3 Å². The van der Waals surface area contributed by atoms with Gasteiger partial charge in [0.25, 0.3) is 0 Å². The summed E-state index contributed by atoms with van der Waals surface area (Å²) in [6, 6.07) is 11.8. The third-order valence-electron chi connectivity index (χ3n) is 4.47. The Bertz CT molecular complexity index is 1090. The van der Waals surface area contributed by atoms with Crippen LogP contribution in [0.1, 0.15) is 16.7 Å². The van der Waals surface area contributed by atoms with Crippen molar-refractivity contribution < 1.29 is 24.2 Å². The molecule has 0 aliphatic carbocycles. The van der Waals surface area contributed by atoms with Crippen molar-refractivity contribution in [2.75, 3.05) is 0 Å². The molecule has 2 N–H and O–H groups in total. The summed E-state index contributed by atoms with van der Waals surface area (Å²) in [5.74, 6) is -1.99. The predicted octanol–water partition coefficient (Wildman–Crippen LogP) is 0.827. The number of aryl methyl sites for hydroxylation is 1. The molecule has 0 unspecified atom stereocenters. The number of nitrogens with one attached hydrogen (secondary N) is 1. The molecule has 1 aromatic heterocycles. The molecule has 0 aliphatic rings. The fraction of sp³-hybridized carbons (Fsp3) is 0.190. The topological polar surface area (TPSA) is 120 Å². The van der Waals surface area contributed by atoms with Gasteiger partial charge in [-0.2, -0.15) is 0 Å². The van der Waals surface area contributed by atoms with E-state index in [0.29, 0.717) is 16.5 Å². The summed E-state index contributed by atoms with van der Waals surface area (Å²) in [6.45, 7) is 1.59. The minimum Gasteiger partial charge on any atom is -0.548 e. The molecule has 144 valence electrons. The lowest BCUT2D eigenvalue weighted by atomic mass is 10.0. The Morgan fingerprint density at radius 2 is 1.89 bits per heavy atom. The Kier molecular flexibility index (Phi) is 5.44. The van der Waals surface area contributed by atoms with Crippen LogP contribution in [0, 0.1) is 6.92 Å². The number of hydrogen-bond acceptors (Lipinski definition) is 6. The molecule has 7 nitrogen and oxygen atoms in total. The minimum absolute atomic E-state index is 0.0304. The van der Waals surface area contributed by atoms with Gasteiger partial charge in [0.05, 0.1) is 18.4 Å². The van der Waals surface area contributed by atoms with Crippen LogP contribution in [0.4, 0.5) is 0 Å². The number of rotatable bonds is 6. The number of carboxylic acid groups (broad SMARTS) is 1. The van der Waals surface area contributed by atoms with Crippen molar-refractivity contribution in [2.24, 2.45) is 0 Å². The van der Waals surface area contributed by atoms with Crippen LogP contribution in [-0.2, 0) is 22.4 Å². The Balaban J connectivity index is 1.83. The summed E-state index contributed by atoms with van der Waals surface area (Å²) in [4.78, 5) is 35.7. The SMILES string of the molecule is Cc1c(O)ccc2c(CC(=O)N[C@@H](Cc3ccccc3)C(=O)[O-])cc(=O)oc12. The van der Waals surface area contributed by atoms with Crippen molar-refractivity contribution in [3.63, 3.8) is 0 Å². The molecule has 0 bridgehead atoms. The molecule has 7 heteroatoms. The van der Waals surface area contributed by atoms with Gasteiger partial charge in [-0.25, -0.2) is 4.79 Å². The van der Waals surface area contributed by atoms with E-state index in [9.17, 15) is 24.6 Å². The summed E-state index contributed by atoms with van der Waals surface area (Å²) < 4.78 is 5.14. The van der Waals surface area contributed by atoms with Gasteiger partial charge in [-0.05, 0) is 36.6 Å². The van der Waals surface area contributed by atoms with Crippen molar-refractivity contribution in [1.82, 2.24) is 5.32 Å². The number of carbonyl (C=O) groups is 2. The summed E-state index contributed by atoms with van der Waals surface area (Å²) in [5, 5.41) is 24.1. The minimum atomic E-state index is -1.39. The van der Waals surface area contributed by atoms with Crippen LogP contribution in [0.2, 0.25) is 0 Å². The summed E-state index contributed by atoms with van der Waals surface area (Å²) >= 11 is 0. The smallest absolute Gasteiger partial charge is 0.336 e. The Labute approximate surface area is 160 Å². The second-order valence-electron chi connectivity index (χ2n) is 6.48. The van der Waals surface area contributed by atoms with E-state index in [1.165, 1.54) is 12.1 Å². The number of hydrogen-bond donors (Lipinski definition) is 2. The lowest BCUT2D eigenvalue weighted by molar-refractivity contribution is -0.308. The number of amides is 1. The lowest BCUT2D eigenvalue weighted by Gasteiger charge is -2.20. The van der Waals surface area contributed by atoms with E-state index >= 15 is 0 Å². The number of phenols is 1. The van der Waals surface area contributed by atoms with Crippen LogP contribution in [0.15, 0.2) is 57.7 Å². The first kappa shape index (κ1) is 19.2. The number of benzene rings is 2. The van der Waals surface area contributed by atoms with Crippen molar-refractivity contribution in [2.45, 2.75) is 25.8 Å². The maximum atomic E-state index is 12.4. The van der Waals surface area contributed by atoms with E-state index in [1.54, 1.807) is 37.3 Å². The number of carboxylic acids is 1. The first-order valence-electron chi connectivity index (χ1n) is 8.64. The van der Waals surface area contributed by atoms with Crippen molar-refractivity contribution in [3.05, 3.63) is 75.6 Å². The van der Waals surface area contributed by atoms with Gasteiger partial charge in [-0.15, -0.1) is 0 Å². The quantitative estimate of drug-likeness (QED) is 0.611. The van der Waals surface area contributed by atoms with Crippen LogP contribution in [0.25, 0.3) is 11.0 Å². The largest absolute Gasteiger partial charge is 0.548 e. The van der Waals surface area contributed by atoms with Crippen LogP contribution < -0.4 is 16.0 Å². The van der Waals surface area contributed by atoms with Crippen LogP contribution in [0.5, 0.6) is 5.75 Å². The van der Waals surface area contributed by atoms with Gasteiger partial charge in [0, 0.05) is 17.0 Å². The fourth-order valence-corrected chi connectivity index (χ4v) is 3.02. The second-order valence-corrected chi connectivity index (χ2v) is 6.48. The first-order chi connectivity index (χ1) is 13.3. The van der Waals surface area contributed by atoms with Gasteiger partial charge < -0.3 is 24.7 Å². The number of aromatic hydroxyl groups is 1. The standard InChI is InChI=1S/C21H19NO6/c1-12-17(23)8-7-15-14(11-19(25)28-20(12)15)10-18(24)22-16(21(26)27)9-13-5-3-2-4-6-13/h2-8,11,16,23H,9-10H2,1H3,(H,22,24)(H,26,27)/p-1/t16-/m0/s1. The molecular formula is C21H18NO6-. The van der Waals surface area contributed by atoms with E-state index < -0.39 is 23.5 Å². The van der Waals surface area contributed by atoms with Crippen LogP contribution in [-0.4, -0.2) is 23.0 Å². The monoisotopic (exact) mass is 380 g/mol. The Hall–Kier alpha value is -3.61. The number of aliphatic carboxylic acids is 1. The molecule has 1 heterocycles. The highest BCUT2D eigenvalue weighted by atomic mass is 16.4. The third kappa shape index (κ3) is 4.20. The predicted molar refractivity (Wildman–Crippen MR) is 99.7 cm³/mol. The summed E-state index contributed by atoms with van der Waals surface area (Å²) in [7, 11) is 0. The molecule has 1 atom stereocenters. The maximum Gasteiger partial charge on any atom is 0.336 e. The Morgan fingerprint density at radius 3 is 2.57 bits per heavy atom. The van der Waals surface area contributed by atoms with E-state index in [-0.39, 0.29) is 24.2 Å². The van der Waals surface area contributed by atoms with Crippen molar-refractivity contribution in [1.29, 1.82) is 0 Å². The number of carbonyl (C=O) groups excluding carboxylic acids is 2. The normalized spacial score (nSPS) is 11.9. The van der Waals surface area contributed by atoms with Crippen LogP contribution >= 0.6 is 0 Å². The van der Waals surface area contributed by atoms with E-state index in [4.69, 9.17) is 4.42 Å². The van der Waals surface area contributed by atoms with Gasteiger partial charge in [0.2, 0.25) is 5.91 Å². The zero-order valence-corrected chi connectivity index (χ0v) is 15.1. The summed E-state index contributed by atoms with van der Waals surface area (Å²) in [6.07, 6.45) is -0.134. The molecule has 1 amide bonds. The molecule has 3 rings (SSSR count). The van der Waals surface area contributed by atoms with Gasteiger partial charge in [0.1, 0.15) is 11.3 Å². The average molecular weight is 380 g/mol. The lowest BCUT2D eigenvalue weighted by Crippen LogP contribution is -2.49. The first-order valence-corrected chi connectivity index (χ1v) is 8.64. The number of phenolic OH excluding ortho intramolecular Hbond substituents is 1. The van der Waals surface area contributed by atoms with Gasteiger partial charge in [0.15, 0.2) is 0 Å². The molecule has 0 saturated heterocycles. The van der Waals surface area contributed by atoms with Crippen molar-refractivity contribution in [3.8, 4) is 5.75 Å². The van der Waals surface area contributed by atoms with Gasteiger partial charge >= 0.3 is 5.63 Å². The van der Waals surface area contributed by atoms with E-state index in [2.05, 4.69) is 5.32 Å². The summed E-state index contributed by atoms with van der Waals surface area (Å²) in [5.41, 5.74) is 1.03. The van der Waals surface area contributed by atoms with E-state index in [0.717, 1.165) is 5.56 Å². The molecule has 0 aliphatic heterocycles.